The molecule has 0 atom stereocenters. The minimum absolute atomic E-state index is 0.0297. The Labute approximate surface area is 84.8 Å². The van der Waals surface area contributed by atoms with E-state index in [1.807, 2.05) is 0 Å². The zero-order valence-corrected chi connectivity index (χ0v) is 7.97. The Hall–Kier alpha value is -2.02. The van der Waals surface area contributed by atoms with Crippen molar-refractivity contribution in [1.29, 1.82) is 0 Å². The molecule has 0 unspecified atom stereocenters. The molecule has 2 N–H and O–H groups in total. The van der Waals surface area contributed by atoms with Crippen LogP contribution in [0.4, 0.5) is 11.4 Å². The molecule has 1 rings (SSSR count). The number of rotatable bonds is 3. The van der Waals surface area contributed by atoms with Crippen LogP contribution in [-0.4, -0.2) is 9.85 Å². The van der Waals surface area contributed by atoms with Crippen molar-refractivity contribution >= 4 is 11.4 Å². The maximum absolute atomic E-state index is 10.6. The van der Waals surface area contributed by atoms with Gasteiger partial charge in [0.25, 0.3) is 11.4 Å². The SMILES string of the molecule is Cc1c([N+](=O)[O-])cc(CN)cc1[N+](=O)[O-]. The summed E-state index contributed by atoms with van der Waals surface area (Å²) in [5, 5.41) is 21.2. The lowest BCUT2D eigenvalue weighted by molar-refractivity contribution is -0.395. The van der Waals surface area contributed by atoms with Crippen LogP contribution in [0, 0.1) is 27.2 Å². The van der Waals surface area contributed by atoms with Crippen molar-refractivity contribution in [2.45, 2.75) is 13.5 Å². The molecule has 0 aliphatic heterocycles. The number of nitro groups is 2. The van der Waals surface area contributed by atoms with E-state index < -0.39 is 9.85 Å². The van der Waals surface area contributed by atoms with E-state index in [0.717, 1.165) is 0 Å². The van der Waals surface area contributed by atoms with Crippen LogP contribution in [0.15, 0.2) is 12.1 Å². The van der Waals surface area contributed by atoms with E-state index in [1.54, 1.807) is 0 Å². The quantitative estimate of drug-likeness (QED) is 0.597. The van der Waals surface area contributed by atoms with Crippen molar-refractivity contribution in [3.8, 4) is 0 Å². The minimum Gasteiger partial charge on any atom is -0.326 e. The number of benzene rings is 1. The second-order valence-corrected chi connectivity index (χ2v) is 2.98. The summed E-state index contributed by atoms with van der Waals surface area (Å²) in [6.45, 7) is 1.37. The van der Waals surface area contributed by atoms with Gasteiger partial charge in [-0.15, -0.1) is 0 Å². The summed E-state index contributed by atoms with van der Waals surface area (Å²) in [4.78, 5) is 19.9. The molecule has 7 nitrogen and oxygen atoms in total. The van der Waals surface area contributed by atoms with Gasteiger partial charge in [0.2, 0.25) is 0 Å². The number of hydrogen-bond donors (Lipinski definition) is 1. The van der Waals surface area contributed by atoms with E-state index in [1.165, 1.54) is 19.1 Å². The number of nitrogens with zero attached hydrogens (tertiary/aromatic N) is 2. The Kier molecular flexibility index (Phi) is 2.96. The summed E-state index contributed by atoms with van der Waals surface area (Å²) in [7, 11) is 0. The van der Waals surface area contributed by atoms with Crippen molar-refractivity contribution in [3.63, 3.8) is 0 Å². The predicted octanol–water partition coefficient (Wildman–Crippen LogP) is 1.27. The van der Waals surface area contributed by atoms with Gasteiger partial charge in [-0.1, -0.05) is 0 Å². The smallest absolute Gasteiger partial charge is 0.279 e. The number of nitro benzene ring substituents is 2. The van der Waals surface area contributed by atoms with Crippen LogP contribution in [0.25, 0.3) is 0 Å². The van der Waals surface area contributed by atoms with E-state index in [-0.39, 0.29) is 23.5 Å². The maximum Gasteiger partial charge on any atom is 0.279 e. The van der Waals surface area contributed by atoms with E-state index in [2.05, 4.69) is 0 Å². The topological polar surface area (TPSA) is 112 Å². The molecular formula is C8H9N3O4. The summed E-state index contributed by atoms with van der Waals surface area (Å²) in [6.07, 6.45) is 0. The average molecular weight is 211 g/mol. The molecule has 0 amide bonds. The number of nitrogens with two attached hydrogens (primary N) is 1. The fourth-order valence-electron chi connectivity index (χ4n) is 1.24. The predicted molar refractivity (Wildman–Crippen MR) is 52.4 cm³/mol. The second kappa shape index (κ2) is 4.01. The molecule has 0 fully saturated rings. The largest absolute Gasteiger partial charge is 0.326 e. The zero-order valence-electron chi connectivity index (χ0n) is 7.97. The van der Waals surface area contributed by atoms with Gasteiger partial charge in [0.05, 0.1) is 9.85 Å². The summed E-state index contributed by atoms with van der Waals surface area (Å²) in [6, 6.07) is 2.50. The first-order chi connectivity index (χ1) is 6.97. The van der Waals surface area contributed by atoms with Crippen LogP contribution in [0.5, 0.6) is 0 Å². The molecule has 15 heavy (non-hydrogen) atoms. The van der Waals surface area contributed by atoms with Crippen molar-refractivity contribution in [2.75, 3.05) is 0 Å². The fraction of sp³-hybridized carbons (Fsp3) is 0.250. The molecule has 0 radical (unpaired) electrons. The first kappa shape index (κ1) is 11.1. The molecule has 0 heterocycles. The van der Waals surface area contributed by atoms with Gasteiger partial charge in [0, 0.05) is 18.7 Å². The number of hydrogen-bond acceptors (Lipinski definition) is 5. The first-order valence-corrected chi connectivity index (χ1v) is 4.09. The zero-order chi connectivity index (χ0) is 11.6. The van der Waals surface area contributed by atoms with E-state index in [9.17, 15) is 20.2 Å². The molecular weight excluding hydrogens is 202 g/mol. The van der Waals surface area contributed by atoms with E-state index >= 15 is 0 Å². The third kappa shape index (κ3) is 2.08. The summed E-state index contributed by atoms with van der Waals surface area (Å²) < 4.78 is 0. The van der Waals surface area contributed by atoms with Gasteiger partial charge in [-0.05, 0) is 12.5 Å². The molecule has 0 aliphatic carbocycles. The van der Waals surface area contributed by atoms with Crippen molar-refractivity contribution in [1.82, 2.24) is 0 Å². The Bertz CT molecular complexity index is 395. The highest BCUT2D eigenvalue weighted by atomic mass is 16.6. The van der Waals surface area contributed by atoms with Gasteiger partial charge in [0.15, 0.2) is 0 Å². The van der Waals surface area contributed by atoms with Crippen LogP contribution in [0.2, 0.25) is 0 Å². The van der Waals surface area contributed by atoms with Crippen LogP contribution < -0.4 is 5.73 Å². The molecule has 0 aromatic heterocycles. The Balaban J connectivity index is 3.47. The lowest BCUT2D eigenvalue weighted by Crippen LogP contribution is -2.02. The monoisotopic (exact) mass is 211 g/mol. The Morgan fingerprint density at radius 2 is 1.60 bits per heavy atom. The highest BCUT2D eigenvalue weighted by Crippen LogP contribution is 2.28. The Morgan fingerprint density at radius 1 is 1.20 bits per heavy atom. The van der Waals surface area contributed by atoms with Gasteiger partial charge in [-0.25, -0.2) is 0 Å². The van der Waals surface area contributed by atoms with Crippen LogP contribution in [0.3, 0.4) is 0 Å². The van der Waals surface area contributed by atoms with E-state index in [0.29, 0.717) is 5.56 Å². The lowest BCUT2D eigenvalue weighted by atomic mass is 10.1. The lowest BCUT2D eigenvalue weighted by Gasteiger charge is -2.02. The molecule has 0 saturated carbocycles. The fourth-order valence-corrected chi connectivity index (χ4v) is 1.24. The normalized spacial score (nSPS) is 10.0. The molecule has 80 valence electrons. The van der Waals surface area contributed by atoms with Crippen molar-refractivity contribution in [3.05, 3.63) is 43.5 Å². The van der Waals surface area contributed by atoms with Crippen molar-refractivity contribution < 1.29 is 9.85 Å². The molecule has 7 heteroatoms. The highest BCUT2D eigenvalue weighted by Gasteiger charge is 2.22. The Morgan fingerprint density at radius 3 is 1.87 bits per heavy atom. The van der Waals surface area contributed by atoms with E-state index in [4.69, 9.17) is 5.73 Å². The summed E-state index contributed by atoms with van der Waals surface area (Å²) in [5.41, 5.74) is 5.16. The third-order valence-electron chi connectivity index (χ3n) is 2.04. The molecule has 0 spiro atoms. The molecule has 0 saturated heterocycles. The van der Waals surface area contributed by atoms with Gasteiger partial charge >= 0.3 is 0 Å². The molecule has 0 bridgehead atoms. The van der Waals surface area contributed by atoms with Gasteiger partial charge in [-0.3, -0.25) is 20.2 Å². The molecule has 1 aromatic carbocycles. The summed E-state index contributed by atoms with van der Waals surface area (Å²) >= 11 is 0. The summed E-state index contributed by atoms with van der Waals surface area (Å²) in [5.74, 6) is 0. The third-order valence-corrected chi connectivity index (χ3v) is 2.04. The van der Waals surface area contributed by atoms with Gasteiger partial charge in [0.1, 0.15) is 5.56 Å². The molecule has 0 aliphatic rings. The highest BCUT2D eigenvalue weighted by molar-refractivity contribution is 5.55. The standard InChI is InChI=1S/C8H9N3O4/c1-5-7(10(12)13)2-6(4-9)3-8(5)11(14)15/h2-3H,4,9H2,1H3. The van der Waals surface area contributed by atoms with Gasteiger partial charge in [-0.2, -0.15) is 0 Å². The maximum atomic E-state index is 10.6. The van der Waals surface area contributed by atoms with Gasteiger partial charge < -0.3 is 5.73 Å². The minimum atomic E-state index is -0.651. The van der Waals surface area contributed by atoms with Crippen LogP contribution in [0.1, 0.15) is 11.1 Å². The van der Waals surface area contributed by atoms with Crippen LogP contribution >= 0.6 is 0 Å². The first-order valence-electron chi connectivity index (χ1n) is 4.09. The second-order valence-electron chi connectivity index (χ2n) is 2.98. The molecule has 1 aromatic rings. The average Bonchev–Trinajstić information content (AvgIpc) is 2.17. The van der Waals surface area contributed by atoms with Crippen molar-refractivity contribution in [2.24, 2.45) is 5.73 Å². The van der Waals surface area contributed by atoms with Crippen LogP contribution in [-0.2, 0) is 6.54 Å².